The second kappa shape index (κ2) is 9.83. The van der Waals surface area contributed by atoms with E-state index >= 15 is 0 Å². The van der Waals surface area contributed by atoms with E-state index in [4.69, 9.17) is 4.74 Å². The number of fused-ring (bicyclic) bond motifs is 1. The molecule has 4 heterocycles. The normalized spacial score (nSPS) is 42.3. The zero-order valence-corrected chi connectivity index (χ0v) is 22.1. The predicted molar refractivity (Wildman–Crippen MR) is 132 cm³/mol. The first kappa shape index (κ1) is 25.3. The predicted octanol–water partition coefficient (Wildman–Crippen LogP) is -0.483. The second-order valence-corrected chi connectivity index (χ2v) is 13.9. The van der Waals surface area contributed by atoms with Crippen LogP contribution in [0.3, 0.4) is 0 Å². The Labute approximate surface area is 205 Å². The standard InChI is InChI=1S/C23H45N7O3S/c1-23(2)8-10-29(15-23)17-7-9-24-20(11-17)30-14-18(13-26-30)34(31,32)27-21-19(33-4)6-5-16-12-25-28(3)22(16)21/h16-22,24-27H,5-15H2,1-4H3. The number of methoxy groups -OCH3 is 1. The van der Waals surface area contributed by atoms with Gasteiger partial charge in [0.05, 0.1) is 18.3 Å². The average molecular weight is 500 g/mol. The highest BCUT2D eigenvalue weighted by molar-refractivity contribution is 7.90. The third-order valence-electron chi connectivity index (χ3n) is 9.04. The second-order valence-electron chi connectivity index (χ2n) is 11.9. The summed E-state index contributed by atoms with van der Waals surface area (Å²) < 4.78 is 35.9. The molecule has 4 N–H and O–H groups in total. The van der Waals surface area contributed by atoms with Crippen LogP contribution in [0.2, 0.25) is 0 Å². The largest absolute Gasteiger partial charge is 0.380 e. The minimum absolute atomic E-state index is 0.102. The van der Waals surface area contributed by atoms with Gasteiger partial charge in [-0.2, -0.15) is 0 Å². The number of nitrogens with zero attached hydrogens (tertiary/aromatic N) is 3. The van der Waals surface area contributed by atoms with Gasteiger partial charge in [-0.05, 0) is 56.5 Å². The Morgan fingerprint density at radius 2 is 1.94 bits per heavy atom. The molecule has 11 heteroatoms. The van der Waals surface area contributed by atoms with Crippen LogP contribution in [-0.2, 0) is 14.8 Å². The fourth-order valence-corrected chi connectivity index (χ4v) is 8.52. The average Bonchev–Trinajstić information content (AvgIpc) is 3.53. The van der Waals surface area contributed by atoms with Crippen molar-refractivity contribution in [2.45, 2.75) is 81.6 Å². The van der Waals surface area contributed by atoms with E-state index in [0.29, 0.717) is 30.5 Å². The van der Waals surface area contributed by atoms with E-state index in [1.807, 2.05) is 7.05 Å². The quantitative estimate of drug-likeness (QED) is 0.386. The molecule has 0 aromatic carbocycles. The van der Waals surface area contributed by atoms with Crippen molar-refractivity contribution in [1.82, 2.24) is 35.8 Å². The first-order chi connectivity index (χ1) is 16.2. The van der Waals surface area contributed by atoms with E-state index in [1.165, 1.54) is 13.0 Å². The molecule has 0 bridgehead atoms. The zero-order chi connectivity index (χ0) is 24.1. The lowest BCUT2D eigenvalue weighted by molar-refractivity contribution is 0.00328. The van der Waals surface area contributed by atoms with Crippen molar-refractivity contribution in [3.63, 3.8) is 0 Å². The van der Waals surface area contributed by atoms with E-state index in [2.05, 4.69) is 49.7 Å². The molecule has 4 saturated heterocycles. The maximum absolute atomic E-state index is 13.5. The number of hydrogen-bond acceptors (Lipinski definition) is 9. The third-order valence-corrected chi connectivity index (χ3v) is 10.8. The number of likely N-dealkylation sites (N-methyl/N-ethyl adjacent to an activating group) is 1. The summed E-state index contributed by atoms with van der Waals surface area (Å²) in [6, 6.07) is 0.443. The van der Waals surface area contributed by atoms with Crippen molar-refractivity contribution in [2.75, 3.05) is 53.4 Å². The number of rotatable bonds is 6. The highest BCUT2D eigenvalue weighted by Gasteiger charge is 2.48. The fourth-order valence-electron chi connectivity index (χ4n) is 7.01. The van der Waals surface area contributed by atoms with Crippen LogP contribution >= 0.6 is 0 Å². The Morgan fingerprint density at radius 3 is 2.68 bits per heavy atom. The number of piperidine rings is 1. The van der Waals surface area contributed by atoms with E-state index in [0.717, 1.165) is 45.3 Å². The van der Waals surface area contributed by atoms with Crippen LogP contribution in [-0.4, -0.2) is 112 Å². The van der Waals surface area contributed by atoms with Crippen LogP contribution in [0.15, 0.2) is 0 Å². The molecular weight excluding hydrogens is 454 g/mol. The monoisotopic (exact) mass is 499 g/mol. The van der Waals surface area contributed by atoms with Crippen molar-refractivity contribution in [3.05, 3.63) is 0 Å². The molecule has 0 radical (unpaired) electrons. The molecule has 10 nitrogen and oxygen atoms in total. The summed E-state index contributed by atoms with van der Waals surface area (Å²) in [7, 11) is 0.196. The summed E-state index contributed by atoms with van der Waals surface area (Å²) in [4.78, 5) is 2.65. The molecule has 0 aromatic rings. The van der Waals surface area contributed by atoms with Crippen molar-refractivity contribution >= 4 is 10.0 Å². The molecule has 4 aliphatic heterocycles. The van der Waals surface area contributed by atoms with Gasteiger partial charge in [0.25, 0.3) is 0 Å². The highest BCUT2D eigenvalue weighted by Crippen LogP contribution is 2.34. The van der Waals surface area contributed by atoms with Gasteiger partial charge in [0.1, 0.15) is 5.25 Å². The van der Waals surface area contributed by atoms with Crippen LogP contribution in [0.5, 0.6) is 0 Å². The molecule has 1 saturated carbocycles. The van der Waals surface area contributed by atoms with E-state index < -0.39 is 15.3 Å². The van der Waals surface area contributed by atoms with Crippen LogP contribution < -0.4 is 20.9 Å². The van der Waals surface area contributed by atoms with Crippen molar-refractivity contribution in [2.24, 2.45) is 11.3 Å². The number of likely N-dealkylation sites (tertiary alicyclic amines) is 1. The lowest BCUT2D eigenvalue weighted by Crippen LogP contribution is -2.61. The molecule has 196 valence electrons. The number of sulfonamides is 1. The number of nitrogens with one attached hydrogen (secondary N) is 4. The maximum Gasteiger partial charge on any atom is 0.217 e. The van der Waals surface area contributed by atoms with Crippen LogP contribution in [0.4, 0.5) is 0 Å². The summed E-state index contributed by atoms with van der Waals surface area (Å²) in [6.45, 7) is 9.87. The van der Waals surface area contributed by atoms with E-state index in [9.17, 15) is 8.42 Å². The van der Waals surface area contributed by atoms with Crippen LogP contribution in [0.1, 0.15) is 46.0 Å². The molecule has 0 amide bonds. The van der Waals surface area contributed by atoms with Gasteiger partial charge in [-0.25, -0.2) is 23.2 Å². The summed E-state index contributed by atoms with van der Waals surface area (Å²) in [5, 5.41) is 7.37. The highest BCUT2D eigenvalue weighted by atomic mass is 32.2. The van der Waals surface area contributed by atoms with Gasteiger partial charge in [-0.1, -0.05) is 13.8 Å². The van der Waals surface area contributed by atoms with Gasteiger partial charge in [0.2, 0.25) is 10.0 Å². The molecule has 1 aliphatic carbocycles. The molecular formula is C23H45N7O3S. The number of hydrogen-bond donors (Lipinski definition) is 4. The molecule has 5 rings (SSSR count). The third kappa shape index (κ3) is 5.05. The van der Waals surface area contributed by atoms with Gasteiger partial charge >= 0.3 is 0 Å². The lowest BCUT2D eigenvalue weighted by atomic mass is 9.80. The summed E-state index contributed by atoms with van der Waals surface area (Å²) in [5.41, 5.74) is 7.19. The summed E-state index contributed by atoms with van der Waals surface area (Å²) in [6.07, 6.45) is 5.45. The Morgan fingerprint density at radius 1 is 1.12 bits per heavy atom. The smallest absolute Gasteiger partial charge is 0.217 e. The van der Waals surface area contributed by atoms with Gasteiger partial charge in [0.15, 0.2) is 0 Å². The Balaban J connectivity index is 1.21. The Kier molecular flexibility index (Phi) is 7.31. The van der Waals surface area contributed by atoms with Crippen molar-refractivity contribution in [3.8, 4) is 0 Å². The minimum Gasteiger partial charge on any atom is -0.380 e. The van der Waals surface area contributed by atoms with Gasteiger partial charge in [0, 0.05) is 52.4 Å². The molecule has 5 fully saturated rings. The number of hydrazine groups is 2. The molecule has 7 unspecified atom stereocenters. The first-order valence-corrected chi connectivity index (χ1v) is 14.7. The molecule has 0 spiro atoms. The van der Waals surface area contributed by atoms with E-state index in [-0.39, 0.29) is 24.4 Å². The Hall–Kier alpha value is -0.370. The van der Waals surface area contributed by atoms with Crippen LogP contribution in [0.25, 0.3) is 0 Å². The zero-order valence-electron chi connectivity index (χ0n) is 21.3. The van der Waals surface area contributed by atoms with Gasteiger partial charge < -0.3 is 10.1 Å². The molecule has 5 aliphatic rings. The van der Waals surface area contributed by atoms with Gasteiger partial charge in [-0.15, -0.1) is 0 Å². The SMILES string of the molecule is COC1CCC2CNN(C)C2C1NS(=O)(=O)C1CNN(C2CC(N3CCC(C)(C)C3)CCN2)C1. The molecule has 0 aromatic heterocycles. The summed E-state index contributed by atoms with van der Waals surface area (Å²) in [5.74, 6) is 0.446. The fraction of sp³-hybridized carbons (Fsp3) is 1.00. The molecule has 34 heavy (non-hydrogen) atoms. The first-order valence-electron chi connectivity index (χ1n) is 13.1. The van der Waals surface area contributed by atoms with E-state index in [1.54, 1.807) is 7.11 Å². The van der Waals surface area contributed by atoms with Gasteiger partial charge in [-0.3, -0.25) is 15.8 Å². The topological polar surface area (TPSA) is 101 Å². The van der Waals surface area contributed by atoms with Crippen molar-refractivity contribution < 1.29 is 13.2 Å². The van der Waals surface area contributed by atoms with Crippen molar-refractivity contribution in [1.29, 1.82) is 0 Å². The van der Waals surface area contributed by atoms with Crippen LogP contribution in [0, 0.1) is 11.3 Å². The summed E-state index contributed by atoms with van der Waals surface area (Å²) >= 11 is 0. The minimum atomic E-state index is -3.51. The molecule has 7 atom stereocenters. The lowest BCUT2D eigenvalue weighted by Gasteiger charge is -2.41. The number of ether oxygens (including phenoxy) is 1. The Bertz CT molecular complexity index is 827. The maximum atomic E-state index is 13.5.